The quantitative estimate of drug-likeness (QED) is 0.405. The first-order valence-electron chi connectivity index (χ1n) is 12.0. The van der Waals surface area contributed by atoms with Crippen molar-refractivity contribution in [3.05, 3.63) is 23.1 Å². The first kappa shape index (κ1) is 26.3. The molecule has 0 aromatic carbocycles. The van der Waals surface area contributed by atoms with Crippen LogP contribution >= 0.6 is 0 Å². The van der Waals surface area contributed by atoms with E-state index in [2.05, 4.69) is 25.7 Å². The first-order valence-corrected chi connectivity index (χ1v) is 12.0. The van der Waals surface area contributed by atoms with E-state index in [1.54, 1.807) is 21.7 Å². The Kier molecular flexibility index (Phi) is 8.07. The number of rotatable bonds is 7. The minimum atomic E-state index is -1.41. The van der Waals surface area contributed by atoms with Gasteiger partial charge in [0.15, 0.2) is 12.0 Å². The number of nitrogens with two attached hydrogens (primary N) is 1. The Morgan fingerprint density at radius 1 is 1.19 bits per heavy atom. The summed E-state index contributed by atoms with van der Waals surface area (Å²) >= 11 is 0. The molecule has 0 bridgehead atoms. The fourth-order valence-electron chi connectivity index (χ4n) is 5.17. The van der Waals surface area contributed by atoms with Crippen LogP contribution in [0.3, 0.4) is 0 Å². The minimum absolute atomic E-state index is 0.000773. The van der Waals surface area contributed by atoms with Crippen LogP contribution in [0.15, 0.2) is 17.6 Å². The number of halogens is 2. The Balaban J connectivity index is 1.47. The number of hydrogen-bond acceptors (Lipinski definition) is 10. The van der Waals surface area contributed by atoms with E-state index in [-0.39, 0.29) is 36.3 Å². The van der Waals surface area contributed by atoms with E-state index in [0.29, 0.717) is 26.2 Å². The van der Waals surface area contributed by atoms with Crippen LogP contribution in [0, 0.1) is 22.6 Å². The fourth-order valence-corrected chi connectivity index (χ4v) is 5.17. The molecule has 198 valence electrons. The summed E-state index contributed by atoms with van der Waals surface area (Å²) < 4.78 is 28.7. The number of carbonyl (C=O) groups excluding carboxylic acids is 2. The number of carbonyl (C=O) groups is 2. The van der Waals surface area contributed by atoms with Crippen LogP contribution in [0.1, 0.15) is 0 Å². The second kappa shape index (κ2) is 11.1. The van der Waals surface area contributed by atoms with Crippen LogP contribution in [-0.4, -0.2) is 116 Å². The van der Waals surface area contributed by atoms with Gasteiger partial charge in [-0.15, -0.1) is 4.91 Å². The lowest BCUT2D eigenvalue weighted by atomic mass is 9.98. The standard InChI is InChI=1S/C22H33F2N9O3/c1-30-10-13(11-30)22(35)33-5-3-32(4-6-33)18-15(24)8-26-9-16(18)28-21(34)17(19(25)29-36)20-27-7-14(23)12-31(20)2/h8-9,13-14,17,19-20,27H,3-7,10-12,25H2,1-2H3,(H,28,34). The summed E-state index contributed by atoms with van der Waals surface area (Å²) in [4.78, 5) is 48.3. The Labute approximate surface area is 208 Å². The minimum Gasteiger partial charge on any atom is -0.364 e. The van der Waals surface area contributed by atoms with Gasteiger partial charge in [-0.05, 0) is 14.1 Å². The predicted molar refractivity (Wildman–Crippen MR) is 129 cm³/mol. The third-order valence-electron chi connectivity index (χ3n) is 7.09. The van der Waals surface area contributed by atoms with Crippen molar-refractivity contribution < 1.29 is 18.4 Å². The second-order valence-electron chi connectivity index (χ2n) is 9.75. The van der Waals surface area contributed by atoms with Gasteiger partial charge in [-0.2, -0.15) is 0 Å². The van der Waals surface area contributed by atoms with Gasteiger partial charge >= 0.3 is 0 Å². The number of likely N-dealkylation sites (tertiary alicyclic amines) is 1. The van der Waals surface area contributed by atoms with Gasteiger partial charge in [0.25, 0.3) is 0 Å². The molecular weight excluding hydrogens is 476 g/mol. The van der Waals surface area contributed by atoms with Crippen molar-refractivity contribution in [2.24, 2.45) is 22.7 Å². The van der Waals surface area contributed by atoms with E-state index in [4.69, 9.17) is 5.73 Å². The number of hydrogen-bond donors (Lipinski definition) is 3. The maximum Gasteiger partial charge on any atom is 0.234 e. The number of nitrogens with zero attached hydrogens (tertiary/aromatic N) is 6. The topological polar surface area (TPSA) is 140 Å². The normalized spacial score (nSPS) is 25.7. The number of piperazine rings is 1. The molecule has 2 amide bonds. The van der Waals surface area contributed by atoms with Crippen LogP contribution in [-0.2, 0) is 9.59 Å². The molecule has 4 rings (SSSR count). The molecule has 36 heavy (non-hydrogen) atoms. The third kappa shape index (κ3) is 5.45. The van der Waals surface area contributed by atoms with Crippen molar-refractivity contribution in [2.75, 3.05) is 76.7 Å². The van der Waals surface area contributed by atoms with E-state index in [1.165, 1.54) is 6.20 Å². The lowest BCUT2D eigenvalue weighted by Crippen LogP contribution is -2.62. The van der Waals surface area contributed by atoms with Gasteiger partial charge in [-0.25, -0.2) is 8.78 Å². The van der Waals surface area contributed by atoms with Gasteiger partial charge < -0.3 is 25.8 Å². The SMILES string of the molecule is CN1CC(C(=O)N2CCN(c3c(F)cncc3NC(=O)C(C(N)N=O)C3NCC(F)CN3C)CC2)C1. The van der Waals surface area contributed by atoms with Gasteiger partial charge in [0.2, 0.25) is 11.8 Å². The monoisotopic (exact) mass is 509 g/mol. The molecule has 3 fully saturated rings. The average Bonchev–Trinajstić information content (AvgIpc) is 2.83. The number of aromatic nitrogens is 1. The average molecular weight is 510 g/mol. The molecule has 12 nitrogen and oxygen atoms in total. The zero-order valence-electron chi connectivity index (χ0n) is 20.4. The summed E-state index contributed by atoms with van der Waals surface area (Å²) in [5, 5.41) is 8.39. The lowest BCUT2D eigenvalue weighted by molar-refractivity contribution is -0.140. The molecule has 0 saturated carbocycles. The van der Waals surface area contributed by atoms with Crippen LogP contribution < -0.4 is 21.3 Å². The number of nitroso groups, excluding NO2 is 1. The predicted octanol–water partition coefficient (Wildman–Crippen LogP) is -0.764. The lowest BCUT2D eigenvalue weighted by Gasteiger charge is -2.42. The van der Waals surface area contributed by atoms with Gasteiger partial charge in [-0.1, -0.05) is 5.18 Å². The molecule has 4 unspecified atom stereocenters. The number of nitrogens with one attached hydrogen (secondary N) is 2. The molecule has 4 heterocycles. The Hall–Kier alpha value is -2.81. The Morgan fingerprint density at radius 3 is 2.50 bits per heavy atom. The molecule has 14 heteroatoms. The van der Waals surface area contributed by atoms with E-state index in [9.17, 15) is 23.3 Å². The molecule has 4 N–H and O–H groups in total. The molecule has 3 saturated heterocycles. The van der Waals surface area contributed by atoms with Gasteiger partial charge in [-0.3, -0.25) is 24.8 Å². The summed E-state index contributed by atoms with van der Waals surface area (Å²) in [7, 11) is 3.57. The molecule has 1 aromatic rings. The highest BCUT2D eigenvalue weighted by atomic mass is 19.1. The molecule has 3 aliphatic heterocycles. The van der Waals surface area contributed by atoms with Gasteiger partial charge in [0.1, 0.15) is 17.8 Å². The van der Waals surface area contributed by atoms with Crippen LogP contribution in [0.2, 0.25) is 0 Å². The highest BCUT2D eigenvalue weighted by molar-refractivity contribution is 5.96. The first-order chi connectivity index (χ1) is 17.2. The number of alkyl halides is 1. The maximum absolute atomic E-state index is 15.0. The Bertz CT molecular complexity index is 972. The van der Waals surface area contributed by atoms with Crippen LogP contribution in [0.5, 0.6) is 0 Å². The maximum atomic E-state index is 15.0. The second-order valence-corrected chi connectivity index (χ2v) is 9.75. The van der Waals surface area contributed by atoms with E-state index in [1.807, 2.05) is 7.05 Å². The van der Waals surface area contributed by atoms with Crippen LogP contribution in [0.25, 0.3) is 0 Å². The van der Waals surface area contributed by atoms with Crippen molar-refractivity contribution in [3.63, 3.8) is 0 Å². The number of anilines is 2. The summed E-state index contributed by atoms with van der Waals surface area (Å²) in [6.07, 6.45) is -0.906. The molecular formula is C22H33F2N9O3. The Morgan fingerprint density at radius 2 is 1.89 bits per heavy atom. The zero-order chi connectivity index (χ0) is 26.0. The molecule has 0 spiro atoms. The fraction of sp³-hybridized carbons (Fsp3) is 0.682. The van der Waals surface area contributed by atoms with Crippen molar-refractivity contribution in [3.8, 4) is 0 Å². The van der Waals surface area contributed by atoms with E-state index >= 15 is 0 Å². The van der Waals surface area contributed by atoms with Gasteiger partial charge in [0.05, 0.1) is 30.2 Å². The van der Waals surface area contributed by atoms with Crippen molar-refractivity contribution in [1.29, 1.82) is 0 Å². The smallest absolute Gasteiger partial charge is 0.234 e. The number of pyridine rings is 1. The third-order valence-corrected chi connectivity index (χ3v) is 7.09. The van der Waals surface area contributed by atoms with E-state index in [0.717, 1.165) is 19.3 Å². The van der Waals surface area contributed by atoms with Crippen LogP contribution in [0.4, 0.5) is 20.2 Å². The van der Waals surface area contributed by atoms with Gasteiger partial charge in [0, 0.05) is 52.4 Å². The molecule has 4 atom stereocenters. The summed E-state index contributed by atoms with van der Waals surface area (Å²) in [5.41, 5.74) is 6.13. The summed E-state index contributed by atoms with van der Waals surface area (Å²) in [6.45, 7) is 3.14. The summed E-state index contributed by atoms with van der Waals surface area (Å²) in [6, 6.07) is 0. The van der Waals surface area contributed by atoms with Crippen molar-refractivity contribution >= 4 is 23.2 Å². The largest absolute Gasteiger partial charge is 0.364 e. The molecule has 3 aliphatic rings. The highest BCUT2D eigenvalue weighted by Crippen LogP contribution is 2.31. The van der Waals surface area contributed by atoms with Crippen molar-refractivity contribution in [2.45, 2.75) is 18.5 Å². The number of amides is 2. The molecule has 1 aromatic heterocycles. The molecule has 0 aliphatic carbocycles. The summed E-state index contributed by atoms with van der Waals surface area (Å²) in [5.74, 6) is -2.35. The van der Waals surface area contributed by atoms with E-state index < -0.39 is 36.1 Å². The molecule has 0 radical (unpaired) electrons. The zero-order valence-corrected chi connectivity index (χ0v) is 20.4. The van der Waals surface area contributed by atoms with Crippen molar-refractivity contribution in [1.82, 2.24) is 25.0 Å². The highest BCUT2D eigenvalue weighted by Gasteiger charge is 2.41.